The van der Waals surface area contributed by atoms with Crippen LogP contribution in [0.3, 0.4) is 0 Å². The lowest BCUT2D eigenvalue weighted by atomic mass is 9.47. The molecule has 0 aromatic rings. The molecule has 3 heteroatoms. The average Bonchev–Trinajstić information content (AvgIpc) is 2.77. The van der Waals surface area contributed by atoms with Gasteiger partial charge in [0, 0.05) is 23.7 Å². The van der Waals surface area contributed by atoms with Crippen molar-refractivity contribution in [2.45, 2.75) is 71.1 Å². The van der Waals surface area contributed by atoms with Gasteiger partial charge in [0.1, 0.15) is 12.0 Å². The van der Waals surface area contributed by atoms with Crippen molar-refractivity contribution in [1.82, 2.24) is 0 Å². The number of aliphatic hydroxyl groups is 1. The fourth-order valence-corrected chi connectivity index (χ4v) is 6.43. The van der Waals surface area contributed by atoms with E-state index in [0.717, 1.165) is 37.7 Å². The van der Waals surface area contributed by atoms with Crippen molar-refractivity contribution in [2.24, 2.45) is 28.6 Å². The van der Waals surface area contributed by atoms with Gasteiger partial charge < -0.3 is 5.11 Å². The van der Waals surface area contributed by atoms with Gasteiger partial charge in [-0.2, -0.15) is 0 Å². The molecule has 0 aliphatic heterocycles. The molecule has 4 aliphatic carbocycles. The number of fused-ring (bicyclic) bond motifs is 5. The molecular formula is C19H27FO2. The zero-order valence-electron chi connectivity index (χ0n) is 13.6. The number of hydrogen-bond acceptors (Lipinski definition) is 2. The number of Topliss-reactive ketones (excluding diaryl/α,β-unsaturated/α-hetero) is 1. The normalized spacial score (nSPS) is 54.3. The number of halogens is 1. The van der Waals surface area contributed by atoms with Gasteiger partial charge in [0.2, 0.25) is 0 Å². The van der Waals surface area contributed by atoms with Crippen molar-refractivity contribution in [3.8, 4) is 0 Å². The van der Waals surface area contributed by atoms with Crippen molar-refractivity contribution in [2.75, 3.05) is 0 Å². The Labute approximate surface area is 132 Å². The van der Waals surface area contributed by atoms with Crippen LogP contribution in [0.1, 0.15) is 58.8 Å². The largest absolute Gasteiger partial charge is 0.393 e. The molecule has 0 aromatic carbocycles. The lowest BCUT2D eigenvalue weighted by Gasteiger charge is -2.57. The first-order valence-electron chi connectivity index (χ1n) is 8.92. The molecule has 2 unspecified atom stereocenters. The number of allylic oxidation sites excluding steroid dienone is 1. The minimum Gasteiger partial charge on any atom is -0.393 e. The summed E-state index contributed by atoms with van der Waals surface area (Å²) in [6, 6.07) is 0. The van der Waals surface area contributed by atoms with E-state index in [1.165, 1.54) is 0 Å². The van der Waals surface area contributed by atoms with Crippen LogP contribution in [0.5, 0.6) is 0 Å². The van der Waals surface area contributed by atoms with Crippen LogP contribution in [0.2, 0.25) is 0 Å². The van der Waals surface area contributed by atoms with Gasteiger partial charge in [-0.3, -0.25) is 4.79 Å². The Kier molecular flexibility index (Phi) is 3.15. The lowest BCUT2D eigenvalue weighted by Crippen LogP contribution is -2.54. The minimum absolute atomic E-state index is 0.150. The van der Waals surface area contributed by atoms with E-state index in [4.69, 9.17) is 0 Å². The summed E-state index contributed by atoms with van der Waals surface area (Å²) in [7, 11) is 0. The number of ketones is 1. The third-order valence-electron chi connectivity index (χ3n) is 7.83. The van der Waals surface area contributed by atoms with Crippen molar-refractivity contribution in [3.05, 3.63) is 11.6 Å². The van der Waals surface area contributed by atoms with Crippen LogP contribution in [0.25, 0.3) is 0 Å². The molecule has 0 amide bonds. The molecule has 3 saturated carbocycles. The number of alkyl halides is 1. The van der Waals surface area contributed by atoms with Gasteiger partial charge in [-0.1, -0.05) is 25.5 Å². The Hall–Kier alpha value is -0.700. The minimum atomic E-state index is -0.947. The SMILES string of the molecule is C[C@]12CC[C@@H]3[C@@H](CC=C4CC(O)CC(F)[C@@]43C)[C@@H]1CCC2=O. The summed E-state index contributed by atoms with van der Waals surface area (Å²) < 4.78 is 15.0. The summed E-state index contributed by atoms with van der Waals surface area (Å²) in [5.74, 6) is 1.67. The van der Waals surface area contributed by atoms with E-state index < -0.39 is 17.7 Å². The van der Waals surface area contributed by atoms with Crippen LogP contribution < -0.4 is 0 Å². The van der Waals surface area contributed by atoms with Crippen LogP contribution in [0.4, 0.5) is 4.39 Å². The smallest absolute Gasteiger partial charge is 0.139 e. The standard InChI is InChI=1S/C19H27FO2/c1-18-8-7-15-13(14(18)5-6-17(18)22)4-3-11-9-12(21)10-16(20)19(11,15)2/h3,12-16,21H,4-10H2,1-2H3/t12?,13-,14-,15+,16?,18-,19-/m0/s1. The van der Waals surface area contributed by atoms with Gasteiger partial charge >= 0.3 is 0 Å². The summed E-state index contributed by atoms with van der Waals surface area (Å²) in [4.78, 5) is 12.4. The van der Waals surface area contributed by atoms with Gasteiger partial charge in [-0.25, -0.2) is 4.39 Å². The number of carbonyl (C=O) groups is 1. The summed E-state index contributed by atoms with van der Waals surface area (Å²) in [5, 5.41) is 9.93. The molecule has 7 atom stereocenters. The Morgan fingerprint density at radius 3 is 2.82 bits per heavy atom. The summed E-state index contributed by atoms with van der Waals surface area (Å²) in [5.41, 5.74) is 0.589. The summed E-state index contributed by atoms with van der Waals surface area (Å²) >= 11 is 0. The number of hydrogen-bond donors (Lipinski definition) is 1. The van der Waals surface area contributed by atoms with E-state index in [9.17, 15) is 14.3 Å². The first-order chi connectivity index (χ1) is 10.4. The van der Waals surface area contributed by atoms with Gasteiger partial charge in [0.25, 0.3) is 0 Å². The van der Waals surface area contributed by atoms with Crippen LogP contribution >= 0.6 is 0 Å². The highest BCUT2D eigenvalue weighted by Gasteiger charge is 2.60. The molecule has 0 bridgehead atoms. The van der Waals surface area contributed by atoms with Crippen LogP contribution in [0, 0.1) is 28.6 Å². The number of carbonyl (C=O) groups excluding carboxylic acids is 1. The third-order valence-corrected chi connectivity index (χ3v) is 7.83. The summed E-state index contributed by atoms with van der Waals surface area (Å²) in [6.45, 7) is 4.24. The molecule has 122 valence electrons. The molecule has 22 heavy (non-hydrogen) atoms. The van der Waals surface area contributed by atoms with E-state index in [1.807, 2.05) is 0 Å². The first-order valence-corrected chi connectivity index (χ1v) is 8.92. The molecule has 0 spiro atoms. The second-order valence-electron chi connectivity index (χ2n) is 8.60. The van der Waals surface area contributed by atoms with Crippen molar-refractivity contribution in [1.29, 1.82) is 0 Å². The van der Waals surface area contributed by atoms with E-state index in [-0.39, 0.29) is 11.8 Å². The molecule has 4 rings (SSSR count). The van der Waals surface area contributed by atoms with Crippen molar-refractivity contribution < 1.29 is 14.3 Å². The molecule has 0 aromatic heterocycles. The maximum absolute atomic E-state index is 15.0. The number of aliphatic hydroxyl groups excluding tert-OH is 1. The average molecular weight is 306 g/mol. The molecular weight excluding hydrogens is 279 g/mol. The van der Waals surface area contributed by atoms with Gasteiger partial charge in [-0.05, 0) is 49.9 Å². The van der Waals surface area contributed by atoms with Gasteiger partial charge in [0.05, 0.1) is 6.10 Å². The highest BCUT2D eigenvalue weighted by atomic mass is 19.1. The molecule has 0 saturated heterocycles. The Balaban J connectivity index is 1.72. The molecule has 1 N–H and O–H groups in total. The number of rotatable bonds is 0. The first kappa shape index (κ1) is 14.9. The Bertz CT molecular complexity index is 542. The second kappa shape index (κ2) is 4.66. The van der Waals surface area contributed by atoms with Crippen molar-refractivity contribution in [3.63, 3.8) is 0 Å². The van der Waals surface area contributed by atoms with Crippen LogP contribution in [-0.2, 0) is 4.79 Å². The fourth-order valence-electron chi connectivity index (χ4n) is 6.43. The van der Waals surface area contributed by atoms with Crippen LogP contribution in [-0.4, -0.2) is 23.2 Å². The summed E-state index contributed by atoms with van der Waals surface area (Å²) in [6.07, 6.45) is 6.24. The molecule has 0 heterocycles. The monoisotopic (exact) mass is 306 g/mol. The zero-order chi connectivity index (χ0) is 15.7. The van der Waals surface area contributed by atoms with Crippen molar-refractivity contribution >= 4 is 5.78 Å². The molecule has 3 fully saturated rings. The molecule has 4 aliphatic rings. The zero-order valence-corrected chi connectivity index (χ0v) is 13.6. The Morgan fingerprint density at radius 2 is 2.05 bits per heavy atom. The highest BCUT2D eigenvalue weighted by molar-refractivity contribution is 5.87. The quantitative estimate of drug-likeness (QED) is 0.691. The van der Waals surface area contributed by atoms with E-state index in [2.05, 4.69) is 19.9 Å². The van der Waals surface area contributed by atoms with Crippen LogP contribution in [0.15, 0.2) is 11.6 Å². The lowest BCUT2D eigenvalue weighted by molar-refractivity contribution is -0.133. The van der Waals surface area contributed by atoms with Gasteiger partial charge in [-0.15, -0.1) is 0 Å². The maximum Gasteiger partial charge on any atom is 0.139 e. The maximum atomic E-state index is 15.0. The van der Waals surface area contributed by atoms with E-state index >= 15 is 0 Å². The molecule has 0 radical (unpaired) electrons. The predicted octanol–water partition coefficient (Wildman–Crippen LogP) is 3.83. The highest BCUT2D eigenvalue weighted by Crippen LogP contribution is 2.64. The Morgan fingerprint density at radius 1 is 1.27 bits per heavy atom. The topological polar surface area (TPSA) is 37.3 Å². The third kappa shape index (κ3) is 1.72. The van der Waals surface area contributed by atoms with Gasteiger partial charge in [0.15, 0.2) is 0 Å². The fraction of sp³-hybridized carbons (Fsp3) is 0.842. The van der Waals surface area contributed by atoms with E-state index in [1.54, 1.807) is 0 Å². The van der Waals surface area contributed by atoms with E-state index in [0.29, 0.717) is 30.0 Å². The predicted molar refractivity (Wildman–Crippen MR) is 83.0 cm³/mol. The second-order valence-corrected chi connectivity index (χ2v) is 8.60. The molecule has 2 nitrogen and oxygen atoms in total.